The summed E-state index contributed by atoms with van der Waals surface area (Å²) in [5, 5.41) is 12.6. The van der Waals surface area contributed by atoms with Gasteiger partial charge in [0.15, 0.2) is 0 Å². The summed E-state index contributed by atoms with van der Waals surface area (Å²) in [4.78, 5) is 25.5. The highest BCUT2D eigenvalue weighted by Crippen LogP contribution is 2.26. The molecule has 2 N–H and O–H groups in total. The number of hydrogen-bond donors (Lipinski definition) is 2. The van der Waals surface area contributed by atoms with Gasteiger partial charge in [0, 0.05) is 44.3 Å². The lowest BCUT2D eigenvalue weighted by atomic mass is 10.1. The van der Waals surface area contributed by atoms with Crippen LogP contribution in [-0.4, -0.2) is 41.1 Å². The fourth-order valence-electron chi connectivity index (χ4n) is 3.71. The second-order valence-corrected chi connectivity index (χ2v) is 7.32. The van der Waals surface area contributed by atoms with Crippen LogP contribution >= 0.6 is 0 Å². The molecule has 0 amide bonds. The number of piperazine rings is 1. The summed E-state index contributed by atoms with van der Waals surface area (Å²) in [6.45, 7) is 3.97. The Balaban J connectivity index is 0.000000147. The Labute approximate surface area is 175 Å². The third-order valence-electron chi connectivity index (χ3n) is 5.32. The fraction of sp³-hybridized carbons (Fsp3) is 0.304. The Morgan fingerprint density at radius 1 is 1.13 bits per heavy atom. The lowest BCUT2D eigenvalue weighted by molar-refractivity contribution is 0.585. The van der Waals surface area contributed by atoms with Crippen molar-refractivity contribution in [3.8, 4) is 6.07 Å². The topological polar surface area (TPSA) is 97.7 Å². The standard InChI is InChI=1S/C13H12N2O.C10H12N4/c16-13-10-6-3-7-14-12(10)8-11(15-13)9-4-1-2-5-9;11-7-9-1-2-10(13-8-9)14-5-3-12-4-6-14/h3-4,6-8H,1-2,5H2,(H,15,16);1-2,8,12H,3-6H2. The van der Waals surface area contributed by atoms with Gasteiger partial charge >= 0.3 is 0 Å². The number of nitrogens with zero attached hydrogens (tertiary/aromatic N) is 4. The molecule has 0 aromatic carbocycles. The Morgan fingerprint density at radius 2 is 2.00 bits per heavy atom. The second-order valence-electron chi connectivity index (χ2n) is 7.32. The first-order valence-electron chi connectivity index (χ1n) is 10.2. The molecule has 1 saturated heterocycles. The van der Waals surface area contributed by atoms with Gasteiger partial charge in [-0.2, -0.15) is 5.26 Å². The first-order valence-corrected chi connectivity index (χ1v) is 10.2. The molecule has 1 aliphatic carbocycles. The summed E-state index contributed by atoms with van der Waals surface area (Å²) >= 11 is 0. The highest BCUT2D eigenvalue weighted by atomic mass is 16.1. The van der Waals surface area contributed by atoms with E-state index in [2.05, 4.69) is 37.3 Å². The molecule has 3 aromatic heterocycles. The average molecular weight is 400 g/mol. The van der Waals surface area contributed by atoms with Crippen molar-refractivity contribution in [1.29, 1.82) is 5.26 Å². The first-order chi connectivity index (χ1) is 14.7. The molecule has 7 nitrogen and oxygen atoms in total. The van der Waals surface area contributed by atoms with E-state index in [9.17, 15) is 4.79 Å². The zero-order chi connectivity index (χ0) is 20.8. The minimum atomic E-state index is -0.0478. The molecule has 7 heteroatoms. The molecule has 4 heterocycles. The van der Waals surface area contributed by atoms with Crippen molar-refractivity contribution >= 4 is 22.3 Å². The quantitative estimate of drug-likeness (QED) is 0.686. The van der Waals surface area contributed by atoms with Crippen molar-refractivity contribution in [2.24, 2.45) is 0 Å². The van der Waals surface area contributed by atoms with Crippen LogP contribution in [0.3, 0.4) is 0 Å². The minimum absolute atomic E-state index is 0.0478. The van der Waals surface area contributed by atoms with Crippen LogP contribution in [0.1, 0.15) is 30.5 Å². The number of hydrogen-bond acceptors (Lipinski definition) is 6. The zero-order valence-electron chi connectivity index (χ0n) is 16.8. The maximum Gasteiger partial charge on any atom is 0.257 e. The van der Waals surface area contributed by atoms with E-state index in [0.717, 1.165) is 56.0 Å². The maximum absolute atomic E-state index is 11.8. The lowest BCUT2D eigenvalue weighted by Crippen LogP contribution is -2.43. The number of rotatable bonds is 2. The third kappa shape index (κ3) is 4.56. The normalized spacial score (nSPS) is 15.8. The number of fused-ring (bicyclic) bond motifs is 1. The van der Waals surface area contributed by atoms with Crippen LogP contribution in [0.25, 0.3) is 16.5 Å². The molecule has 1 aliphatic heterocycles. The van der Waals surface area contributed by atoms with Crippen LogP contribution in [0, 0.1) is 11.3 Å². The number of aromatic nitrogens is 3. The minimum Gasteiger partial charge on any atom is -0.354 e. The van der Waals surface area contributed by atoms with Crippen LogP contribution < -0.4 is 15.8 Å². The molecule has 5 rings (SSSR count). The third-order valence-corrected chi connectivity index (χ3v) is 5.32. The highest BCUT2D eigenvalue weighted by Gasteiger charge is 2.11. The number of H-pyrrole nitrogens is 1. The molecule has 2 aliphatic rings. The molecule has 0 bridgehead atoms. The van der Waals surface area contributed by atoms with Gasteiger partial charge in [-0.05, 0) is 55.2 Å². The van der Waals surface area contributed by atoms with Crippen LogP contribution in [0.4, 0.5) is 5.82 Å². The highest BCUT2D eigenvalue weighted by molar-refractivity contribution is 5.80. The predicted octanol–water partition coefficient (Wildman–Crippen LogP) is 2.85. The van der Waals surface area contributed by atoms with E-state index in [1.165, 1.54) is 12.0 Å². The number of pyridine rings is 3. The van der Waals surface area contributed by atoms with Gasteiger partial charge < -0.3 is 15.2 Å². The molecule has 1 fully saturated rings. The van der Waals surface area contributed by atoms with E-state index >= 15 is 0 Å². The van der Waals surface area contributed by atoms with Gasteiger partial charge in [0.1, 0.15) is 11.9 Å². The van der Waals surface area contributed by atoms with Crippen LogP contribution in [0.15, 0.2) is 53.6 Å². The zero-order valence-corrected chi connectivity index (χ0v) is 16.8. The largest absolute Gasteiger partial charge is 0.354 e. The molecule has 0 saturated carbocycles. The maximum atomic E-state index is 11.8. The summed E-state index contributed by atoms with van der Waals surface area (Å²) in [6, 6.07) is 11.3. The Morgan fingerprint density at radius 3 is 2.70 bits per heavy atom. The summed E-state index contributed by atoms with van der Waals surface area (Å²) < 4.78 is 0. The molecule has 3 aromatic rings. The summed E-state index contributed by atoms with van der Waals surface area (Å²) in [5.41, 5.74) is 3.50. The van der Waals surface area contributed by atoms with E-state index in [4.69, 9.17) is 5.26 Å². The summed E-state index contributed by atoms with van der Waals surface area (Å²) in [7, 11) is 0. The Bertz CT molecular complexity index is 1140. The van der Waals surface area contributed by atoms with Crippen molar-refractivity contribution in [2.75, 3.05) is 31.1 Å². The van der Waals surface area contributed by atoms with Gasteiger partial charge in [-0.25, -0.2) is 4.98 Å². The fourth-order valence-corrected chi connectivity index (χ4v) is 3.71. The van der Waals surface area contributed by atoms with E-state index in [0.29, 0.717) is 10.9 Å². The van der Waals surface area contributed by atoms with Gasteiger partial charge in [-0.3, -0.25) is 9.78 Å². The van der Waals surface area contributed by atoms with Crippen molar-refractivity contribution in [2.45, 2.75) is 19.3 Å². The summed E-state index contributed by atoms with van der Waals surface area (Å²) in [6.07, 6.45) is 8.87. The van der Waals surface area contributed by atoms with Crippen molar-refractivity contribution in [3.63, 3.8) is 0 Å². The van der Waals surface area contributed by atoms with Gasteiger partial charge in [0.2, 0.25) is 0 Å². The van der Waals surface area contributed by atoms with Crippen LogP contribution in [0.5, 0.6) is 0 Å². The monoisotopic (exact) mass is 400 g/mol. The number of nitrogens with one attached hydrogen (secondary N) is 2. The predicted molar refractivity (Wildman–Crippen MR) is 118 cm³/mol. The molecule has 0 spiro atoms. The van der Waals surface area contributed by atoms with Crippen molar-refractivity contribution < 1.29 is 0 Å². The van der Waals surface area contributed by atoms with E-state index in [1.54, 1.807) is 24.5 Å². The Kier molecular flexibility index (Phi) is 6.16. The first kappa shape index (κ1) is 19.8. The van der Waals surface area contributed by atoms with E-state index < -0.39 is 0 Å². The number of allylic oxidation sites excluding steroid dienone is 2. The van der Waals surface area contributed by atoms with Gasteiger partial charge in [0.05, 0.1) is 16.5 Å². The lowest BCUT2D eigenvalue weighted by Gasteiger charge is -2.28. The molecule has 0 unspecified atom stereocenters. The molecule has 0 atom stereocenters. The van der Waals surface area contributed by atoms with Gasteiger partial charge in [0.25, 0.3) is 5.56 Å². The molecule has 30 heavy (non-hydrogen) atoms. The Hall–Kier alpha value is -3.50. The number of nitriles is 1. The number of aromatic amines is 1. The molecular weight excluding hydrogens is 376 g/mol. The van der Waals surface area contributed by atoms with E-state index in [-0.39, 0.29) is 5.56 Å². The molecular formula is C23H24N6O. The average Bonchev–Trinajstić information content (AvgIpc) is 3.35. The molecule has 152 valence electrons. The second kappa shape index (κ2) is 9.33. The van der Waals surface area contributed by atoms with E-state index in [1.807, 2.05) is 18.2 Å². The van der Waals surface area contributed by atoms with Crippen LogP contribution in [-0.2, 0) is 0 Å². The smallest absolute Gasteiger partial charge is 0.257 e. The van der Waals surface area contributed by atoms with Crippen LogP contribution in [0.2, 0.25) is 0 Å². The van der Waals surface area contributed by atoms with Gasteiger partial charge in [-0.1, -0.05) is 6.08 Å². The van der Waals surface area contributed by atoms with Crippen molar-refractivity contribution in [1.82, 2.24) is 20.3 Å². The van der Waals surface area contributed by atoms with Crippen molar-refractivity contribution in [3.05, 3.63) is 70.4 Å². The summed E-state index contributed by atoms with van der Waals surface area (Å²) in [5.74, 6) is 0.963. The van der Waals surface area contributed by atoms with Gasteiger partial charge in [-0.15, -0.1) is 0 Å². The molecule has 0 radical (unpaired) electrons. The SMILES string of the molecule is N#Cc1ccc(N2CCNCC2)nc1.O=c1[nH]c(C2=CCCC2)cc2ncccc12. The number of anilines is 1.